The maximum atomic E-state index is 4.17. The normalized spacial score (nSPS) is 12.4. The van der Waals surface area contributed by atoms with Gasteiger partial charge in [0.25, 0.3) is 0 Å². The third-order valence-electron chi connectivity index (χ3n) is 3.58. The molecule has 3 aromatic rings. The summed E-state index contributed by atoms with van der Waals surface area (Å²) in [6, 6.07) is 12.8. The van der Waals surface area contributed by atoms with Gasteiger partial charge < -0.3 is 5.32 Å². The third-order valence-corrected chi connectivity index (χ3v) is 3.58. The molecule has 0 unspecified atom stereocenters. The molecule has 2 heterocycles. The van der Waals surface area contributed by atoms with E-state index in [9.17, 15) is 0 Å². The molecule has 0 aliphatic heterocycles. The Balaban J connectivity index is 1.77. The zero-order valence-electron chi connectivity index (χ0n) is 11.5. The number of fused-ring (bicyclic) bond motifs is 1. The summed E-state index contributed by atoms with van der Waals surface area (Å²) in [5.41, 5.74) is 2.55. The molecule has 0 saturated carbocycles. The molecule has 1 aromatic carbocycles. The smallest absolute Gasteiger partial charge is 0.0346 e. The summed E-state index contributed by atoms with van der Waals surface area (Å²) in [5, 5.41) is 6.00. The van der Waals surface area contributed by atoms with E-state index in [0.29, 0.717) is 6.04 Å². The highest BCUT2D eigenvalue weighted by molar-refractivity contribution is 5.84. The quantitative estimate of drug-likeness (QED) is 0.783. The maximum absolute atomic E-state index is 4.17. The first kappa shape index (κ1) is 12.8. The van der Waals surface area contributed by atoms with E-state index in [1.807, 2.05) is 36.9 Å². The molecule has 0 radical (unpaired) electrons. The predicted molar refractivity (Wildman–Crippen MR) is 81.2 cm³/mol. The molecule has 0 aliphatic carbocycles. The molecule has 100 valence electrons. The van der Waals surface area contributed by atoms with Crippen molar-refractivity contribution in [3.8, 4) is 0 Å². The average molecular weight is 263 g/mol. The molecular formula is C17H17N3. The van der Waals surface area contributed by atoms with E-state index in [2.05, 4.69) is 46.5 Å². The van der Waals surface area contributed by atoms with Crippen molar-refractivity contribution in [3.05, 3.63) is 72.3 Å². The lowest BCUT2D eigenvalue weighted by Gasteiger charge is -2.15. The minimum absolute atomic E-state index is 0.301. The van der Waals surface area contributed by atoms with E-state index in [1.165, 1.54) is 21.9 Å². The molecule has 1 atom stereocenters. The first-order chi connectivity index (χ1) is 9.84. The fraction of sp³-hybridized carbons (Fsp3) is 0.176. The molecule has 0 bridgehead atoms. The van der Waals surface area contributed by atoms with Crippen LogP contribution in [0.2, 0.25) is 0 Å². The number of hydrogen-bond acceptors (Lipinski definition) is 3. The van der Waals surface area contributed by atoms with Crippen LogP contribution in [0, 0.1) is 0 Å². The van der Waals surface area contributed by atoms with Crippen molar-refractivity contribution in [2.45, 2.75) is 19.5 Å². The van der Waals surface area contributed by atoms with Crippen LogP contribution in [-0.2, 0) is 6.54 Å². The summed E-state index contributed by atoms with van der Waals surface area (Å²) in [6.45, 7) is 3.01. The van der Waals surface area contributed by atoms with Crippen molar-refractivity contribution in [2.75, 3.05) is 0 Å². The minimum atomic E-state index is 0.301. The zero-order chi connectivity index (χ0) is 13.8. The van der Waals surface area contributed by atoms with Gasteiger partial charge in [0.05, 0.1) is 0 Å². The number of nitrogens with zero attached hydrogens (tertiary/aromatic N) is 2. The highest BCUT2D eigenvalue weighted by Crippen LogP contribution is 2.18. The Bertz CT molecular complexity index is 689. The van der Waals surface area contributed by atoms with Crippen LogP contribution in [-0.4, -0.2) is 9.97 Å². The molecule has 3 nitrogen and oxygen atoms in total. The van der Waals surface area contributed by atoms with Crippen LogP contribution in [0.5, 0.6) is 0 Å². The van der Waals surface area contributed by atoms with Crippen molar-refractivity contribution in [2.24, 2.45) is 0 Å². The lowest BCUT2D eigenvalue weighted by Crippen LogP contribution is -2.18. The van der Waals surface area contributed by atoms with Crippen LogP contribution >= 0.6 is 0 Å². The van der Waals surface area contributed by atoms with E-state index < -0.39 is 0 Å². The van der Waals surface area contributed by atoms with Crippen LogP contribution < -0.4 is 5.32 Å². The summed E-state index contributed by atoms with van der Waals surface area (Å²) >= 11 is 0. The number of rotatable bonds is 4. The Morgan fingerprint density at radius 1 is 1.00 bits per heavy atom. The van der Waals surface area contributed by atoms with E-state index in [-0.39, 0.29) is 0 Å². The molecule has 20 heavy (non-hydrogen) atoms. The summed E-state index contributed by atoms with van der Waals surface area (Å²) in [7, 11) is 0. The molecule has 3 heteroatoms. The second-order valence-corrected chi connectivity index (χ2v) is 4.90. The largest absolute Gasteiger partial charge is 0.306 e. The molecular weight excluding hydrogens is 246 g/mol. The van der Waals surface area contributed by atoms with Gasteiger partial charge in [0.15, 0.2) is 0 Å². The lowest BCUT2D eigenvalue weighted by molar-refractivity contribution is 0.576. The number of benzene rings is 1. The third kappa shape index (κ3) is 2.68. The van der Waals surface area contributed by atoms with Gasteiger partial charge in [0.2, 0.25) is 0 Å². The Hall–Kier alpha value is -2.26. The van der Waals surface area contributed by atoms with Gasteiger partial charge in [-0.3, -0.25) is 9.97 Å². The molecule has 0 fully saturated rings. The van der Waals surface area contributed by atoms with E-state index in [4.69, 9.17) is 0 Å². The van der Waals surface area contributed by atoms with Crippen molar-refractivity contribution in [3.63, 3.8) is 0 Å². The second kappa shape index (κ2) is 5.80. The average Bonchev–Trinajstić information content (AvgIpc) is 2.53. The Morgan fingerprint density at radius 3 is 2.65 bits per heavy atom. The van der Waals surface area contributed by atoms with Crippen LogP contribution in [0.1, 0.15) is 24.1 Å². The van der Waals surface area contributed by atoms with Crippen molar-refractivity contribution in [1.82, 2.24) is 15.3 Å². The zero-order valence-corrected chi connectivity index (χ0v) is 11.5. The van der Waals surface area contributed by atoms with Crippen molar-refractivity contribution >= 4 is 10.8 Å². The van der Waals surface area contributed by atoms with Gasteiger partial charge in [-0.05, 0) is 41.6 Å². The van der Waals surface area contributed by atoms with Gasteiger partial charge in [-0.2, -0.15) is 0 Å². The molecule has 0 aliphatic rings. The molecule has 1 N–H and O–H groups in total. The van der Waals surface area contributed by atoms with Gasteiger partial charge in [-0.25, -0.2) is 0 Å². The molecule has 2 aromatic heterocycles. The predicted octanol–water partition coefficient (Wildman–Crippen LogP) is 3.48. The van der Waals surface area contributed by atoms with Crippen molar-refractivity contribution < 1.29 is 0 Å². The number of aromatic nitrogens is 2. The number of hydrogen-bond donors (Lipinski definition) is 1. The van der Waals surface area contributed by atoms with Crippen LogP contribution in [0.3, 0.4) is 0 Å². The Labute approximate surface area is 118 Å². The SMILES string of the molecule is C[C@@H](NCc1cccc2cnccc12)c1ccncc1. The summed E-state index contributed by atoms with van der Waals surface area (Å²) in [6.07, 6.45) is 7.41. The molecule has 0 amide bonds. The summed E-state index contributed by atoms with van der Waals surface area (Å²) < 4.78 is 0. The van der Waals surface area contributed by atoms with Crippen LogP contribution in [0.4, 0.5) is 0 Å². The number of nitrogens with one attached hydrogen (secondary N) is 1. The van der Waals surface area contributed by atoms with Gasteiger partial charge in [-0.1, -0.05) is 18.2 Å². The number of pyridine rings is 2. The van der Waals surface area contributed by atoms with E-state index in [1.54, 1.807) is 0 Å². The minimum Gasteiger partial charge on any atom is -0.306 e. The first-order valence-corrected chi connectivity index (χ1v) is 6.79. The fourth-order valence-corrected chi connectivity index (χ4v) is 2.38. The lowest BCUT2D eigenvalue weighted by atomic mass is 10.1. The van der Waals surface area contributed by atoms with Crippen LogP contribution in [0.15, 0.2) is 61.2 Å². The summed E-state index contributed by atoms with van der Waals surface area (Å²) in [5.74, 6) is 0. The highest BCUT2D eigenvalue weighted by atomic mass is 14.9. The fourth-order valence-electron chi connectivity index (χ4n) is 2.38. The molecule has 0 saturated heterocycles. The standard InChI is InChI=1S/C17H17N3/c1-13(14-5-8-18-9-6-14)20-12-16-4-2-3-15-11-19-10-7-17(15)16/h2-11,13,20H,12H2,1H3/t13-/m1/s1. The van der Waals surface area contributed by atoms with Crippen molar-refractivity contribution in [1.29, 1.82) is 0 Å². The van der Waals surface area contributed by atoms with Gasteiger partial charge >= 0.3 is 0 Å². The molecule has 0 spiro atoms. The van der Waals surface area contributed by atoms with Gasteiger partial charge in [0.1, 0.15) is 0 Å². The Kier molecular flexibility index (Phi) is 3.70. The second-order valence-electron chi connectivity index (χ2n) is 4.90. The Morgan fingerprint density at radius 2 is 1.80 bits per heavy atom. The maximum Gasteiger partial charge on any atom is 0.0346 e. The topological polar surface area (TPSA) is 37.8 Å². The highest BCUT2D eigenvalue weighted by Gasteiger charge is 2.06. The van der Waals surface area contributed by atoms with Crippen LogP contribution in [0.25, 0.3) is 10.8 Å². The summed E-state index contributed by atoms with van der Waals surface area (Å²) in [4.78, 5) is 8.22. The molecule has 3 rings (SSSR count). The van der Waals surface area contributed by atoms with Gasteiger partial charge in [-0.15, -0.1) is 0 Å². The first-order valence-electron chi connectivity index (χ1n) is 6.79. The monoisotopic (exact) mass is 263 g/mol. The van der Waals surface area contributed by atoms with E-state index in [0.717, 1.165) is 6.54 Å². The van der Waals surface area contributed by atoms with Gasteiger partial charge in [0, 0.05) is 42.8 Å². The van der Waals surface area contributed by atoms with E-state index >= 15 is 0 Å².